The van der Waals surface area contributed by atoms with Gasteiger partial charge in [-0.05, 0) is 25.0 Å². The fourth-order valence-corrected chi connectivity index (χ4v) is 2.93. The molecule has 112 valence electrons. The second-order valence-electron chi connectivity index (χ2n) is 4.69. The minimum Gasteiger partial charge on any atom is -0.377 e. The Balaban J connectivity index is 2.13. The maximum Gasteiger partial charge on any atom is 0.157 e. The molecule has 0 saturated carbocycles. The Morgan fingerprint density at radius 3 is 2.76 bits per heavy atom. The zero-order chi connectivity index (χ0) is 15.1. The number of benzene rings is 1. The van der Waals surface area contributed by atoms with Gasteiger partial charge in [0.15, 0.2) is 5.82 Å². The summed E-state index contributed by atoms with van der Waals surface area (Å²) < 4.78 is 5.14. The number of thioether (sulfide) groups is 1. The summed E-state index contributed by atoms with van der Waals surface area (Å²) in [6, 6.07) is 10.4. The number of nitrogens with one attached hydrogen (secondary N) is 1. The topological polar surface area (TPSA) is 47.0 Å². The lowest BCUT2D eigenvalue weighted by molar-refractivity contribution is 0.177. The molecule has 0 spiro atoms. The lowest BCUT2D eigenvalue weighted by Crippen LogP contribution is -2.05. The number of aryl methyl sites for hydroxylation is 1. The van der Waals surface area contributed by atoms with Crippen LogP contribution in [0.15, 0.2) is 35.4 Å². The molecule has 0 radical (unpaired) electrons. The molecule has 0 fully saturated rings. The lowest BCUT2D eigenvalue weighted by atomic mass is 10.1. The van der Waals surface area contributed by atoms with Gasteiger partial charge in [-0.25, -0.2) is 9.97 Å². The summed E-state index contributed by atoms with van der Waals surface area (Å²) in [6.07, 6.45) is 0. The van der Waals surface area contributed by atoms with Gasteiger partial charge in [-0.2, -0.15) is 0 Å². The summed E-state index contributed by atoms with van der Waals surface area (Å²) in [5, 5.41) is 4.21. The van der Waals surface area contributed by atoms with Crippen LogP contribution in [-0.2, 0) is 17.1 Å². The monoisotopic (exact) mass is 303 g/mol. The second kappa shape index (κ2) is 8.00. The Kier molecular flexibility index (Phi) is 6.02. The van der Waals surface area contributed by atoms with E-state index >= 15 is 0 Å². The first kappa shape index (κ1) is 15.8. The van der Waals surface area contributed by atoms with Crippen LogP contribution < -0.4 is 5.32 Å². The molecule has 5 heteroatoms. The number of nitrogens with zero attached hydrogens (tertiary/aromatic N) is 2. The summed E-state index contributed by atoms with van der Waals surface area (Å²) in [5.41, 5.74) is 2.64. The van der Waals surface area contributed by atoms with Crippen molar-refractivity contribution in [3.8, 4) is 0 Å². The van der Waals surface area contributed by atoms with E-state index in [4.69, 9.17) is 4.74 Å². The summed E-state index contributed by atoms with van der Waals surface area (Å²) in [6.45, 7) is 5.46. The molecule has 0 amide bonds. The zero-order valence-corrected chi connectivity index (χ0v) is 13.5. The Morgan fingerprint density at radius 2 is 2.05 bits per heavy atom. The Hall–Kier alpha value is -1.59. The second-order valence-corrected chi connectivity index (χ2v) is 5.68. The molecule has 0 aliphatic heterocycles. The first-order chi connectivity index (χ1) is 10.2. The van der Waals surface area contributed by atoms with Crippen molar-refractivity contribution in [2.24, 2.45) is 0 Å². The molecule has 0 aliphatic carbocycles. The molecule has 0 aliphatic rings. The van der Waals surface area contributed by atoms with Crippen LogP contribution in [0, 0.1) is 6.92 Å². The van der Waals surface area contributed by atoms with Crippen molar-refractivity contribution >= 4 is 17.6 Å². The predicted molar refractivity (Wildman–Crippen MR) is 87.6 cm³/mol. The smallest absolute Gasteiger partial charge is 0.157 e. The Labute approximate surface area is 130 Å². The van der Waals surface area contributed by atoms with Gasteiger partial charge in [0.1, 0.15) is 17.5 Å². The van der Waals surface area contributed by atoms with Crippen LogP contribution in [0.3, 0.4) is 0 Å². The highest BCUT2D eigenvalue weighted by Crippen LogP contribution is 2.24. The predicted octanol–water partition coefficient (Wildman–Crippen LogP) is 3.66. The molecular formula is C16H21N3OS. The number of anilines is 1. The molecule has 2 rings (SSSR count). The van der Waals surface area contributed by atoms with E-state index in [2.05, 4.69) is 53.4 Å². The fourth-order valence-electron chi connectivity index (χ4n) is 1.94. The zero-order valence-electron chi connectivity index (χ0n) is 12.7. The van der Waals surface area contributed by atoms with Gasteiger partial charge in [0.25, 0.3) is 0 Å². The van der Waals surface area contributed by atoms with Crippen LogP contribution in [0.1, 0.15) is 23.9 Å². The van der Waals surface area contributed by atoms with E-state index in [1.807, 2.05) is 6.07 Å². The SMILES string of the molecule is CCNc1cc(SCc2ccccc2C)nc(COC)n1. The third-order valence-electron chi connectivity index (χ3n) is 3.02. The van der Waals surface area contributed by atoms with E-state index < -0.39 is 0 Å². The molecule has 1 N–H and O–H groups in total. The summed E-state index contributed by atoms with van der Waals surface area (Å²) in [5.74, 6) is 2.47. The van der Waals surface area contributed by atoms with E-state index in [1.165, 1.54) is 11.1 Å². The lowest BCUT2D eigenvalue weighted by Gasteiger charge is -2.09. The molecule has 1 aromatic heterocycles. The normalized spacial score (nSPS) is 10.6. The van der Waals surface area contributed by atoms with Gasteiger partial charge in [0.2, 0.25) is 0 Å². The van der Waals surface area contributed by atoms with Gasteiger partial charge in [-0.1, -0.05) is 24.3 Å². The van der Waals surface area contributed by atoms with E-state index in [-0.39, 0.29) is 0 Å². The molecule has 0 bridgehead atoms. The average molecular weight is 303 g/mol. The van der Waals surface area contributed by atoms with Crippen molar-refractivity contribution in [2.45, 2.75) is 31.2 Å². The summed E-state index contributed by atoms with van der Waals surface area (Å²) in [7, 11) is 1.66. The standard InChI is InChI=1S/C16H21N3OS/c1-4-17-14-9-16(19-15(18-14)10-20-3)21-11-13-8-6-5-7-12(13)2/h5-9H,4,10-11H2,1-3H3,(H,17,18,19). The molecular weight excluding hydrogens is 282 g/mol. The van der Waals surface area contributed by atoms with E-state index in [0.29, 0.717) is 12.4 Å². The maximum absolute atomic E-state index is 5.14. The minimum atomic E-state index is 0.428. The number of methoxy groups -OCH3 is 1. The first-order valence-electron chi connectivity index (χ1n) is 7.01. The summed E-state index contributed by atoms with van der Waals surface area (Å²) >= 11 is 1.72. The third kappa shape index (κ3) is 4.72. The highest BCUT2D eigenvalue weighted by molar-refractivity contribution is 7.98. The van der Waals surface area contributed by atoms with Crippen LogP contribution in [-0.4, -0.2) is 23.6 Å². The number of ether oxygens (including phenoxy) is 1. The third-order valence-corrected chi connectivity index (χ3v) is 3.98. The highest BCUT2D eigenvalue weighted by Gasteiger charge is 2.06. The molecule has 4 nitrogen and oxygen atoms in total. The van der Waals surface area contributed by atoms with Gasteiger partial charge in [-0.3, -0.25) is 0 Å². The molecule has 0 saturated heterocycles. The molecule has 0 atom stereocenters. The van der Waals surface area contributed by atoms with Crippen LogP contribution in [0.4, 0.5) is 5.82 Å². The van der Waals surface area contributed by atoms with Gasteiger partial charge in [0.05, 0.1) is 0 Å². The number of rotatable bonds is 7. The Morgan fingerprint density at radius 1 is 1.24 bits per heavy atom. The molecule has 1 aromatic carbocycles. The number of aromatic nitrogens is 2. The summed E-state index contributed by atoms with van der Waals surface area (Å²) in [4.78, 5) is 8.96. The largest absolute Gasteiger partial charge is 0.377 e. The van der Waals surface area contributed by atoms with Gasteiger partial charge >= 0.3 is 0 Å². The van der Waals surface area contributed by atoms with Crippen molar-refractivity contribution in [1.29, 1.82) is 0 Å². The Bertz CT molecular complexity index is 565. The highest BCUT2D eigenvalue weighted by atomic mass is 32.2. The van der Waals surface area contributed by atoms with Crippen LogP contribution >= 0.6 is 11.8 Å². The van der Waals surface area contributed by atoms with Crippen LogP contribution in [0.5, 0.6) is 0 Å². The molecule has 1 heterocycles. The minimum absolute atomic E-state index is 0.428. The van der Waals surface area contributed by atoms with Crippen LogP contribution in [0.2, 0.25) is 0 Å². The quantitative estimate of drug-likeness (QED) is 0.625. The van der Waals surface area contributed by atoms with E-state index in [9.17, 15) is 0 Å². The van der Waals surface area contributed by atoms with E-state index in [1.54, 1.807) is 18.9 Å². The average Bonchev–Trinajstić information content (AvgIpc) is 2.47. The first-order valence-corrected chi connectivity index (χ1v) is 7.99. The van der Waals surface area contributed by atoms with Crippen molar-refractivity contribution in [1.82, 2.24) is 9.97 Å². The van der Waals surface area contributed by atoms with Crippen molar-refractivity contribution in [2.75, 3.05) is 19.0 Å². The van der Waals surface area contributed by atoms with Gasteiger partial charge in [-0.15, -0.1) is 11.8 Å². The van der Waals surface area contributed by atoms with Crippen molar-refractivity contribution in [3.05, 3.63) is 47.3 Å². The number of hydrogen-bond donors (Lipinski definition) is 1. The molecule has 0 unspecified atom stereocenters. The fraction of sp³-hybridized carbons (Fsp3) is 0.375. The van der Waals surface area contributed by atoms with Crippen molar-refractivity contribution < 1.29 is 4.74 Å². The number of hydrogen-bond acceptors (Lipinski definition) is 5. The van der Waals surface area contributed by atoms with Crippen molar-refractivity contribution in [3.63, 3.8) is 0 Å². The van der Waals surface area contributed by atoms with Gasteiger partial charge < -0.3 is 10.1 Å². The van der Waals surface area contributed by atoms with Crippen LogP contribution in [0.25, 0.3) is 0 Å². The van der Waals surface area contributed by atoms with E-state index in [0.717, 1.165) is 23.1 Å². The van der Waals surface area contributed by atoms with Gasteiger partial charge in [0, 0.05) is 25.5 Å². The maximum atomic E-state index is 5.14. The molecule has 2 aromatic rings. The molecule has 21 heavy (non-hydrogen) atoms.